The monoisotopic (exact) mass is 474 g/mol. The summed E-state index contributed by atoms with van der Waals surface area (Å²) in [4.78, 5) is 13.0. The van der Waals surface area contributed by atoms with Crippen molar-refractivity contribution in [2.75, 3.05) is 20.4 Å². The highest BCUT2D eigenvalue weighted by Gasteiger charge is 2.35. The fourth-order valence-corrected chi connectivity index (χ4v) is 6.22. The van der Waals surface area contributed by atoms with E-state index in [1.54, 1.807) is 24.3 Å². The first kappa shape index (κ1) is 23.4. The molecule has 2 aromatic rings. The highest BCUT2D eigenvalue weighted by atomic mass is 32.2. The molecule has 8 nitrogen and oxygen atoms in total. The number of nitrogens with one attached hydrogen (secondary N) is 1. The van der Waals surface area contributed by atoms with E-state index in [9.17, 15) is 13.2 Å². The molecule has 2 aliphatic rings. The molecule has 1 aliphatic heterocycles. The summed E-state index contributed by atoms with van der Waals surface area (Å²) in [5.41, 5.74) is 1.66. The number of fused-ring (bicyclic) bond motifs is 1. The summed E-state index contributed by atoms with van der Waals surface area (Å²) in [5.74, 6) is 1.24. The molecule has 178 valence electrons. The lowest BCUT2D eigenvalue weighted by atomic mass is 9.95. The lowest BCUT2D eigenvalue weighted by Crippen LogP contribution is -2.47. The van der Waals surface area contributed by atoms with Gasteiger partial charge in [-0.25, -0.2) is 8.42 Å². The highest BCUT2D eigenvalue weighted by Crippen LogP contribution is 2.33. The zero-order valence-electron chi connectivity index (χ0n) is 19.0. The van der Waals surface area contributed by atoms with E-state index >= 15 is 0 Å². The quantitative estimate of drug-likeness (QED) is 0.631. The van der Waals surface area contributed by atoms with Crippen molar-refractivity contribution in [3.8, 4) is 17.2 Å². The molecule has 33 heavy (non-hydrogen) atoms. The van der Waals surface area contributed by atoms with Gasteiger partial charge in [-0.1, -0.05) is 31.4 Å². The second-order valence-corrected chi connectivity index (χ2v) is 10.3. The van der Waals surface area contributed by atoms with Gasteiger partial charge in [0.15, 0.2) is 11.5 Å². The number of methoxy groups -OCH3 is 1. The Bertz CT molecular complexity index is 1110. The van der Waals surface area contributed by atoms with Gasteiger partial charge in [-0.3, -0.25) is 4.79 Å². The van der Waals surface area contributed by atoms with Crippen LogP contribution in [0.2, 0.25) is 0 Å². The summed E-state index contributed by atoms with van der Waals surface area (Å²) in [6, 6.07) is 10.3. The summed E-state index contributed by atoms with van der Waals surface area (Å²) >= 11 is 0. The van der Waals surface area contributed by atoms with Crippen LogP contribution >= 0.6 is 0 Å². The zero-order valence-corrected chi connectivity index (χ0v) is 19.8. The lowest BCUT2D eigenvalue weighted by Gasteiger charge is -2.33. The van der Waals surface area contributed by atoms with E-state index in [4.69, 9.17) is 14.2 Å². The number of sulfonamides is 1. The molecule has 2 aromatic carbocycles. The lowest BCUT2D eigenvalue weighted by molar-refractivity contribution is -0.121. The van der Waals surface area contributed by atoms with Gasteiger partial charge in [-0.05, 0) is 55.2 Å². The van der Waals surface area contributed by atoms with Crippen LogP contribution in [-0.2, 0) is 21.4 Å². The van der Waals surface area contributed by atoms with Crippen molar-refractivity contribution in [2.24, 2.45) is 0 Å². The molecule has 1 heterocycles. The first-order valence-electron chi connectivity index (χ1n) is 11.2. The Morgan fingerprint density at radius 1 is 1.09 bits per heavy atom. The van der Waals surface area contributed by atoms with Crippen molar-refractivity contribution < 1.29 is 27.4 Å². The molecule has 0 saturated heterocycles. The third-order valence-electron chi connectivity index (χ3n) is 6.11. The molecule has 0 spiro atoms. The van der Waals surface area contributed by atoms with Crippen LogP contribution in [0.1, 0.15) is 43.2 Å². The zero-order chi connectivity index (χ0) is 23.4. The predicted octanol–water partition coefficient (Wildman–Crippen LogP) is 3.37. The van der Waals surface area contributed by atoms with Crippen molar-refractivity contribution in [2.45, 2.75) is 56.5 Å². The molecule has 1 N–H and O–H groups in total. The molecule has 9 heteroatoms. The summed E-state index contributed by atoms with van der Waals surface area (Å²) in [5, 5.41) is 2.85. The second kappa shape index (κ2) is 10.0. The normalized spacial score (nSPS) is 16.1. The average molecular weight is 475 g/mol. The van der Waals surface area contributed by atoms with Crippen LogP contribution in [0.15, 0.2) is 41.3 Å². The molecular weight excluding hydrogens is 444 g/mol. The van der Waals surface area contributed by atoms with Gasteiger partial charge in [0.25, 0.3) is 0 Å². The number of benzene rings is 2. The van der Waals surface area contributed by atoms with Crippen molar-refractivity contribution >= 4 is 15.9 Å². The van der Waals surface area contributed by atoms with Gasteiger partial charge in [-0.2, -0.15) is 4.31 Å². The van der Waals surface area contributed by atoms with E-state index < -0.39 is 10.0 Å². The number of amides is 1. The van der Waals surface area contributed by atoms with E-state index in [1.165, 1.54) is 11.4 Å². The minimum Gasteiger partial charge on any atom is -0.495 e. The first-order chi connectivity index (χ1) is 15.9. The standard InChI is InChI=1S/C24H30N2O6S/c1-17-8-10-21(30-2)23(12-17)33(28,29)26(19-6-4-3-5-7-19)15-24(27)25-14-18-9-11-20-22(13-18)32-16-31-20/h8-13,19H,3-7,14-16H2,1-2H3,(H,25,27). The van der Waals surface area contributed by atoms with Gasteiger partial charge in [0.2, 0.25) is 22.7 Å². The average Bonchev–Trinajstić information content (AvgIpc) is 3.29. The summed E-state index contributed by atoms with van der Waals surface area (Å²) in [7, 11) is -2.49. The third-order valence-corrected chi connectivity index (χ3v) is 8.03. The topological polar surface area (TPSA) is 94.2 Å². The Morgan fingerprint density at radius 2 is 1.85 bits per heavy atom. The molecular formula is C24H30N2O6S. The van der Waals surface area contributed by atoms with Gasteiger partial charge in [0.1, 0.15) is 10.6 Å². The molecule has 1 fully saturated rings. The number of aryl methyl sites for hydroxylation is 1. The fraction of sp³-hybridized carbons (Fsp3) is 0.458. The number of ether oxygens (including phenoxy) is 3. The number of nitrogens with zero attached hydrogens (tertiary/aromatic N) is 1. The van der Waals surface area contributed by atoms with E-state index in [2.05, 4.69) is 5.32 Å². The molecule has 0 bridgehead atoms. The summed E-state index contributed by atoms with van der Waals surface area (Å²) in [6.45, 7) is 2.04. The molecule has 0 atom stereocenters. The number of hydrogen-bond acceptors (Lipinski definition) is 6. The molecule has 0 unspecified atom stereocenters. The fourth-order valence-electron chi connectivity index (χ4n) is 4.34. The van der Waals surface area contributed by atoms with Gasteiger partial charge in [0.05, 0.1) is 13.7 Å². The molecule has 0 aromatic heterocycles. The van der Waals surface area contributed by atoms with Crippen LogP contribution in [0.3, 0.4) is 0 Å². The Kier molecular flexibility index (Phi) is 7.09. The molecule has 1 saturated carbocycles. The molecule has 4 rings (SSSR count). The number of carbonyl (C=O) groups excluding carboxylic acids is 1. The van der Waals surface area contributed by atoms with Gasteiger partial charge >= 0.3 is 0 Å². The molecule has 0 radical (unpaired) electrons. The molecule has 1 aliphatic carbocycles. The highest BCUT2D eigenvalue weighted by molar-refractivity contribution is 7.89. The first-order valence-corrected chi connectivity index (χ1v) is 12.6. The van der Waals surface area contributed by atoms with E-state index in [-0.39, 0.29) is 42.5 Å². The Balaban J connectivity index is 1.53. The van der Waals surface area contributed by atoms with Gasteiger partial charge in [-0.15, -0.1) is 0 Å². The van der Waals surface area contributed by atoms with Crippen LogP contribution in [-0.4, -0.2) is 45.1 Å². The summed E-state index contributed by atoms with van der Waals surface area (Å²) in [6.07, 6.45) is 4.45. The van der Waals surface area contributed by atoms with Crippen LogP contribution < -0.4 is 19.5 Å². The van der Waals surface area contributed by atoms with Crippen molar-refractivity contribution in [1.82, 2.24) is 9.62 Å². The van der Waals surface area contributed by atoms with Crippen molar-refractivity contribution in [1.29, 1.82) is 0 Å². The van der Waals surface area contributed by atoms with Crippen LogP contribution in [0, 0.1) is 6.92 Å². The SMILES string of the molecule is COc1ccc(C)cc1S(=O)(=O)N(CC(=O)NCc1ccc2c(c1)OCO2)C1CCCCC1. The van der Waals surface area contributed by atoms with Crippen molar-refractivity contribution in [3.63, 3.8) is 0 Å². The summed E-state index contributed by atoms with van der Waals surface area (Å²) < 4.78 is 44.9. The van der Waals surface area contributed by atoms with E-state index in [0.29, 0.717) is 11.5 Å². The van der Waals surface area contributed by atoms with E-state index in [1.807, 2.05) is 19.1 Å². The van der Waals surface area contributed by atoms with Gasteiger partial charge in [0, 0.05) is 12.6 Å². The largest absolute Gasteiger partial charge is 0.495 e. The predicted molar refractivity (Wildman–Crippen MR) is 123 cm³/mol. The third kappa shape index (κ3) is 5.25. The van der Waals surface area contributed by atoms with Crippen molar-refractivity contribution in [3.05, 3.63) is 47.5 Å². The number of carbonyl (C=O) groups is 1. The molecule has 1 amide bonds. The maximum Gasteiger partial charge on any atom is 0.247 e. The minimum atomic E-state index is -3.94. The number of hydrogen-bond donors (Lipinski definition) is 1. The Hall–Kier alpha value is -2.78. The Morgan fingerprint density at radius 3 is 2.61 bits per heavy atom. The van der Waals surface area contributed by atoms with Gasteiger partial charge < -0.3 is 19.5 Å². The second-order valence-electron chi connectivity index (χ2n) is 8.46. The minimum absolute atomic E-state index is 0.0964. The van der Waals surface area contributed by atoms with Crippen LogP contribution in [0.4, 0.5) is 0 Å². The van der Waals surface area contributed by atoms with Crippen LogP contribution in [0.5, 0.6) is 17.2 Å². The number of rotatable bonds is 8. The van der Waals surface area contributed by atoms with Crippen LogP contribution in [0.25, 0.3) is 0 Å². The maximum atomic E-state index is 13.7. The Labute approximate surface area is 194 Å². The smallest absolute Gasteiger partial charge is 0.247 e. The van der Waals surface area contributed by atoms with E-state index in [0.717, 1.165) is 43.2 Å². The maximum absolute atomic E-state index is 13.7.